The van der Waals surface area contributed by atoms with Crippen molar-refractivity contribution in [3.8, 4) is 0 Å². The van der Waals surface area contributed by atoms with E-state index in [1.54, 1.807) is 0 Å². The summed E-state index contributed by atoms with van der Waals surface area (Å²) in [5, 5.41) is 0. The van der Waals surface area contributed by atoms with Crippen LogP contribution in [0.4, 0.5) is 0 Å². The van der Waals surface area contributed by atoms with Crippen molar-refractivity contribution in [3.63, 3.8) is 0 Å². The normalized spacial score (nSPS) is 11.1. The van der Waals surface area contributed by atoms with Gasteiger partial charge in [0, 0.05) is 0 Å². The molecule has 13 heavy (non-hydrogen) atoms. The molecular formula is C12H26N. The van der Waals surface area contributed by atoms with Crippen molar-refractivity contribution in [2.45, 2.75) is 52.4 Å². The van der Waals surface area contributed by atoms with E-state index in [9.17, 15) is 0 Å². The van der Waals surface area contributed by atoms with Crippen LogP contribution in [0.2, 0.25) is 0 Å². The lowest BCUT2D eigenvalue weighted by Crippen LogP contribution is -2.25. The van der Waals surface area contributed by atoms with Gasteiger partial charge in [0.25, 0.3) is 0 Å². The fourth-order valence-corrected chi connectivity index (χ4v) is 1.53. The Balaban J connectivity index is 3.25. The second-order valence-corrected chi connectivity index (χ2v) is 3.70. The molecule has 0 aromatic heterocycles. The molecule has 0 aliphatic heterocycles. The molecule has 0 aliphatic carbocycles. The van der Waals surface area contributed by atoms with Crippen LogP contribution >= 0.6 is 0 Å². The van der Waals surface area contributed by atoms with Crippen LogP contribution in [0.5, 0.6) is 0 Å². The van der Waals surface area contributed by atoms with Crippen molar-refractivity contribution in [1.29, 1.82) is 0 Å². The lowest BCUT2D eigenvalue weighted by atomic mass is 10.2. The molecular weight excluding hydrogens is 158 g/mol. The highest BCUT2D eigenvalue weighted by Gasteiger charge is 1.99. The maximum Gasteiger partial charge on any atom is -0.00189 e. The molecule has 0 spiro atoms. The third-order valence-corrected chi connectivity index (χ3v) is 2.50. The molecule has 0 saturated carbocycles. The molecule has 0 aromatic carbocycles. The summed E-state index contributed by atoms with van der Waals surface area (Å²) in [5.74, 6) is 0. The van der Waals surface area contributed by atoms with Crippen molar-refractivity contribution in [3.05, 3.63) is 6.92 Å². The highest BCUT2D eigenvalue weighted by atomic mass is 15.1. The highest BCUT2D eigenvalue weighted by molar-refractivity contribution is 4.56. The number of hydrogen-bond acceptors (Lipinski definition) is 1. The first-order valence-corrected chi connectivity index (χ1v) is 5.86. The Bertz CT molecular complexity index is 91.1. The molecule has 0 fully saturated rings. The van der Waals surface area contributed by atoms with Crippen LogP contribution in [0.25, 0.3) is 0 Å². The van der Waals surface area contributed by atoms with Crippen LogP contribution in [0.3, 0.4) is 0 Å². The van der Waals surface area contributed by atoms with E-state index < -0.39 is 0 Å². The molecule has 1 nitrogen and oxygen atoms in total. The Kier molecular flexibility index (Phi) is 10.0. The van der Waals surface area contributed by atoms with Gasteiger partial charge < -0.3 is 4.90 Å². The van der Waals surface area contributed by atoms with Crippen LogP contribution in [-0.2, 0) is 0 Å². The van der Waals surface area contributed by atoms with Gasteiger partial charge >= 0.3 is 0 Å². The summed E-state index contributed by atoms with van der Waals surface area (Å²) in [5.41, 5.74) is 0. The minimum absolute atomic E-state index is 1.07. The third kappa shape index (κ3) is 8.29. The maximum atomic E-state index is 3.87. The number of unbranched alkanes of at least 4 members (excludes halogenated alkanes) is 4. The average Bonchev–Trinajstić information content (AvgIpc) is 2.17. The quantitative estimate of drug-likeness (QED) is 0.496. The van der Waals surface area contributed by atoms with E-state index in [1.807, 2.05) is 0 Å². The Morgan fingerprint density at radius 2 is 1.62 bits per heavy atom. The third-order valence-electron chi connectivity index (χ3n) is 2.50. The Labute approximate surface area is 84.5 Å². The molecule has 79 valence electrons. The monoisotopic (exact) mass is 184 g/mol. The zero-order valence-electron chi connectivity index (χ0n) is 9.52. The van der Waals surface area contributed by atoms with Gasteiger partial charge in [-0.05, 0) is 32.5 Å². The summed E-state index contributed by atoms with van der Waals surface area (Å²) in [6, 6.07) is 0. The van der Waals surface area contributed by atoms with Gasteiger partial charge in [0.2, 0.25) is 0 Å². The van der Waals surface area contributed by atoms with Gasteiger partial charge in [0.15, 0.2) is 0 Å². The van der Waals surface area contributed by atoms with Gasteiger partial charge in [-0.15, -0.1) is 0 Å². The maximum absolute atomic E-state index is 3.87. The molecule has 0 heterocycles. The van der Waals surface area contributed by atoms with Gasteiger partial charge in [-0.2, -0.15) is 0 Å². The van der Waals surface area contributed by atoms with Crippen molar-refractivity contribution >= 4 is 0 Å². The highest BCUT2D eigenvalue weighted by Crippen LogP contribution is 2.02. The van der Waals surface area contributed by atoms with Crippen molar-refractivity contribution < 1.29 is 0 Å². The fourth-order valence-electron chi connectivity index (χ4n) is 1.53. The van der Waals surface area contributed by atoms with Crippen molar-refractivity contribution in [1.82, 2.24) is 4.90 Å². The van der Waals surface area contributed by atoms with E-state index in [1.165, 1.54) is 51.7 Å². The van der Waals surface area contributed by atoms with E-state index >= 15 is 0 Å². The standard InChI is InChI=1S/C12H26N/c1-4-7-9-10-12-13(6-3)11-8-5-2/h2,4-12H2,1,3H3. The molecule has 0 aliphatic rings. The van der Waals surface area contributed by atoms with Gasteiger partial charge in [-0.3, -0.25) is 0 Å². The Morgan fingerprint density at radius 1 is 0.923 bits per heavy atom. The van der Waals surface area contributed by atoms with Crippen LogP contribution in [0, 0.1) is 6.92 Å². The van der Waals surface area contributed by atoms with Gasteiger partial charge in [-0.25, -0.2) is 0 Å². The molecule has 0 unspecified atom stereocenters. The first-order valence-electron chi connectivity index (χ1n) is 5.86. The summed E-state index contributed by atoms with van der Waals surface area (Å²) in [6.07, 6.45) is 7.83. The molecule has 0 atom stereocenters. The van der Waals surface area contributed by atoms with Gasteiger partial charge in [0.05, 0.1) is 0 Å². The number of nitrogens with zero attached hydrogens (tertiary/aromatic N) is 1. The van der Waals surface area contributed by atoms with Gasteiger partial charge in [-0.1, -0.05) is 46.5 Å². The predicted octanol–water partition coefficient (Wildman–Crippen LogP) is 3.50. The fraction of sp³-hybridized carbons (Fsp3) is 0.917. The van der Waals surface area contributed by atoms with E-state index in [2.05, 4.69) is 25.7 Å². The molecule has 1 heteroatoms. The lowest BCUT2D eigenvalue weighted by Gasteiger charge is -2.19. The van der Waals surface area contributed by atoms with E-state index in [-0.39, 0.29) is 0 Å². The molecule has 0 amide bonds. The lowest BCUT2D eigenvalue weighted by molar-refractivity contribution is 0.278. The van der Waals surface area contributed by atoms with E-state index in [0.29, 0.717) is 0 Å². The second kappa shape index (κ2) is 10.0. The zero-order valence-corrected chi connectivity index (χ0v) is 9.52. The molecule has 1 radical (unpaired) electrons. The summed E-state index contributed by atoms with van der Waals surface area (Å²) in [4.78, 5) is 2.54. The van der Waals surface area contributed by atoms with Crippen LogP contribution in [0.15, 0.2) is 0 Å². The summed E-state index contributed by atoms with van der Waals surface area (Å²) in [6.45, 7) is 12.1. The molecule has 0 bridgehead atoms. The SMILES string of the molecule is [CH2]CCCN(CC)CCCCCC. The topological polar surface area (TPSA) is 3.24 Å². The van der Waals surface area contributed by atoms with Crippen LogP contribution in [0.1, 0.15) is 52.4 Å². The Hall–Kier alpha value is -0.0400. The number of rotatable bonds is 9. The summed E-state index contributed by atoms with van der Waals surface area (Å²) >= 11 is 0. The van der Waals surface area contributed by atoms with Crippen molar-refractivity contribution in [2.75, 3.05) is 19.6 Å². The van der Waals surface area contributed by atoms with Gasteiger partial charge in [0.1, 0.15) is 0 Å². The van der Waals surface area contributed by atoms with E-state index in [0.717, 1.165) is 6.42 Å². The molecule has 0 saturated heterocycles. The molecule has 0 aromatic rings. The summed E-state index contributed by atoms with van der Waals surface area (Å²) in [7, 11) is 0. The first-order chi connectivity index (χ1) is 6.35. The largest absolute Gasteiger partial charge is 0.304 e. The minimum atomic E-state index is 1.07. The Morgan fingerprint density at radius 3 is 2.15 bits per heavy atom. The number of hydrogen-bond donors (Lipinski definition) is 0. The first kappa shape index (κ1) is 13.0. The van der Waals surface area contributed by atoms with E-state index in [4.69, 9.17) is 0 Å². The molecule has 0 rings (SSSR count). The minimum Gasteiger partial charge on any atom is -0.304 e. The van der Waals surface area contributed by atoms with Crippen LogP contribution in [-0.4, -0.2) is 24.5 Å². The average molecular weight is 184 g/mol. The molecule has 0 N–H and O–H groups in total. The van der Waals surface area contributed by atoms with Crippen molar-refractivity contribution in [2.24, 2.45) is 0 Å². The smallest absolute Gasteiger partial charge is 0.00189 e. The van der Waals surface area contributed by atoms with Crippen LogP contribution < -0.4 is 0 Å². The predicted molar refractivity (Wildman–Crippen MR) is 60.8 cm³/mol. The zero-order chi connectivity index (χ0) is 9.94. The summed E-state index contributed by atoms with van der Waals surface area (Å²) < 4.78 is 0. The second-order valence-electron chi connectivity index (χ2n) is 3.70.